The van der Waals surface area contributed by atoms with Crippen molar-refractivity contribution in [3.8, 4) is 6.07 Å². The second kappa shape index (κ2) is 4.53. The molecule has 0 aromatic heterocycles. The highest BCUT2D eigenvalue weighted by atomic mass is 16.5. The summed E-state index contributed by atoms with van der Waals surface area (Å²) in [5.74, 6) is 0. The van der Waals surface area contributed by atoms with Crippen LogP contribution in [0.3, 0.4) is 0 Å². The molecule has 1 rings (SSSR count). The van der Waals surface area contributed by atoms with Crippen molar-refractivity contribution in [2.45, 2.75) is 6.61 Å². The van der Waals surface area contributed by atoms with E-state index in [0.29, 0.717) is 18.8 Å². The van der Waals surface area contributed by atoms with E-state index >= 15 is 0 Å². The van der Waals surface area contributed by atoms with E-state index in [2.05, 4.69) is 13.0 Å². The summed E-state index contributed by atoms with van der Waals surface area (Å²) in [5.41, 5.74) is 1.59. The van der Waals surface area contributed by atoms with Gasteiger partial charge in [0.25, 0.3) is 0 Å². The molecule has 0 amide bonds. The van der Waals surface area contributed by atoms with E-state index in [0.717, 1.165) is 5.56 Å². The molecule has 0 spiro atoms. The van der Waals surface area contributed by atoms with E-state index in [9.17, 15) is 0 Å². The Morgan fingerprint density at radius 3 is 2.83 bits per heavy atom. The van der Waals surface area contributed by atoms with Crippen LogP contribution < -0.4 is 0 Å². The molecule has 1 aromatic carbocycles. The van der Waals surface area contributed by atoms with Gasteiger partial charge in [-0.15, -0.1) is 0 Å². The summed E-state index contributed by atoms with van der Waals surface area (Å²) in [6.45, 7) is 4.45. The van der Waals surface area contributed by atoms with Gasteiger partial charge in [0.2, 0.25) is 0 Å². The summed E-state index contributed by atoms with van der Waals surface area (Å²) in [7, 11) is 0. The van der Waals surface area contributed by atoms with E-state index in [1.165, 1.54) is 0 Å². The predicted octanol–water partition coefficient (Wildman–Crippen LogP) is 1.91. The van der Waals surface area contributed by atoms with E-state index in [4.69, 9.17) is 10.00 Å². The minimum absolute atomic E-state index is 0.430. The maximum absolute atomic E-state index is 8.70. The Kier molecular flexibility index (Phi) is 3.31. The van der Waals surface area contributed by atoms with Crippen molar-refractivity contribution in [2.24, 2.45) is 0 Å². The van der Waals surface area contributed by atoms with Crippen molar-refractivity contribution in [3.63, 3.8) is 0 Å². The lowest BCUT2D eigenvalue weighted by atomic mass is 10.1. The number of hydrogen-bond acceptors (Lipinski definition) is 2. The first-order valence-corrected chi connectivity index (χ1v) is 3.73. The van der Waals surface area contributed by atoms with E-state index in [-0.39, 0.29) is 0 Å². The van der Waals surface area contributed by atoms with Crippen molar-refractivity contribution >= 4 is 0 Å². The van der Waals surface area contributed by atoms with Crippen LogP contribution in [-0.4, -0.2) is 6.61 Å². The Morgan fingerprint density at radius 2 is 2.17 bits per heavy atom. The SMILES string of the molecule is [CH2]COCc1ccccc1C#N. The first-order chi connectivity index (χ1) is 5.88. The molecule has 0 fully saturated rings. The molecule has 0 aliphatic carbocycles. The highest BCUT2D eigenvalue weighted by molar-refractivity contribution is 5.36. The van der Waals surface area contributed by atoms with E-state index in [1.807, 2.05) is 18.2 Å². The quantitative estimate of drug-likeness (QED) is 0.676. The Balaban J connectivity index is 2.77. The van der Waals surface area contributed by atoms with Crippen LogP contribution >= 0.6 is 0 Å². The summed E-state index contributed by atoms with van der Waals surface area (Å²) < 4.78 is 5.10. The number of nitrogens with zero attached hydrogens (tertiary/aromatic N) is 1. The number of benzene rings is 1. The Labute approximate surface area is 72.4 Å². The molecule has 2 heteroatoms. The zero-order valence-electron chi connectivity index (χ0n) is 6.79. The molecule has 0 atom stereocenters. The molecule has 1 radical (unpaired) electrons. The number of rotatable bonds is 3. The third-order valence-electron chi connectivity index (χ3n) is 1.54. The fraction of sp³-hybridized carbons (Fsp3) is 0.200. The lowest BCUT2D eigenvalue weighted by Gasteiger charge is -2.02. The van der Waals surface area contributed by atoms with Crippen molar-refractivity contribution in [2.75, 3.05) is 6.61 Å². The lowest BCUT2D eigenvalue weighted by Crippen LogP contribution is -1.94. The van der Waals surface area contributed by atoms with Gasteiger partial charge >= 0.3 is 0 Å². The molecule has 0 heterocycles. The molecular weight excluding hydrogens is 150 g/mol. The fourth-order valence-corrected chi connectivity index (χ4v) is 0.937. The first-order valence-electron chi connectivity index (χ1n) is 3.73. The van der Waals surface area contributed by atoms with Crippen LogP contribution in [0.5, 0.6) is 0 Å². The van der Waals surface area contributed by atoms with Crippen molar-refractivity contribution in [1.82, 2.24) is 0 Å². The van der Waals surface area contributed by atoms with E-state index < -0.39 is 0 Å². The molecule has 2 nitrogen and oxygen atoms in total. The largest absolute Gasteiger partial charge is 0.377 e. The topological polar surface area (TPSA) is 33.0 Å². The fourth-order valence-electron chi connectivity index (χ4n) is 0.937. The van der Waals surface area contributed by atoms with Crippen molar-refractivity contribution in [3.05, 3.63) is 42.3 Å². The summed E-state index contributed by atoms with van der Waals surface area (Å²) in [6.07, 6.45) is 0. The van der Waals surface area contributed by atoms with Gasteiger partial charge in [0, 0.05) is 6.61 Å². The molecule has 0 aliphatic rings. The Bertz CT molecular complexity index is 288. The van der Waals surface area contributed by atoms with Gasteiger partial charge in [-0.3, -0.25) is 0 Å². The smallest absolute Gasteiger partial charge is 0.0995 e. The molecule has 1 aromatic rings. The number of nitriles is 1. The minimum Gasteiger partial charge on any atom is -0.377 e. The molecular formula is C10H10NO. The second-order valence-electron chi connectivity index (χ2n) is 2.32. The van der Waals surface area contributed by atoms with Crippen LogP contribution in [0.25, 0.3) is 0 Å². The van der Waals surface area contributed by atoms with Gasteiger partial charge < -0.3 is 4.74 Å². The van der Waals surface area contributed by atoms with Gasteiger partial charge in [0.15, 0.2) is 0 Å². The Morgan fingerprint density at radius 1 is 1.42 bits per heavy atom. The summed E-state index contributed by atoms with van der Waals surface area (Å²) in [4.78, 5) is 0. The third-order valence-corrected chi connectivity index (χ3v) is 1.54. The average molecular weight is 160 g/mol. The third kappa shape index (κ3) is 2.08. The van der Waals surface area contributed by atoms with Crippen LogP contribution in [0.15, 0.2) is 24.3 Å². The highest BCUT2D eigenvalue weighted by Crippen LogP contribution is 2.07. The Hall–Kier alpha value is -1.33. The van der Waals surface area contributed by atoms with Crippen LogP contribution in [0.1, 0.15) is 11.1 Å². The zero-order valence-corrected chi connectivity index (χ0v) is 6.79. The number of hydrogen-bond donors (Lipinski definition) is 0. The minimum atomic E-state index is 0.430. The second-order valence-corrected chi connectivity index (χ2v) is 2.32. The molecule has 0 aliphatic heterocycles. The van der Waals surface area contributed by atoms with E-state index in [1.54, 1.807) is 6.07 Å². The number of ether oxygens (including phenoxy) is 1. The summed E-state index contributed by atoms with van der Waals surface area (Å²) in [5, 5.41) is 8.70. The highest BCUT2D eigenvalue weighted by Gasteiger charge is 1.98. The predicted molar refractivity (Wildman–Crippen MR) is 46.2 cm³/mol. The maximum Gasteiger partial charge on any atom is 0.0995 e. The molecule has 12 heavy (non-hydrogen) atoms. The van der Waals surface area contributed by atoms with Crippen LogP contribution in [0.2, 0.25) is 0 Å². The van der Waals surface area contributed by atoms with Crippen LogP contribution in [-0.2, 0) is 11.3 Å². The van der Waals surface area contributed by atoms with Gasteiger partial charge in [0.1, 0.15) is 0 Å². The zero-order chi connectivity index (χ0) is 8.81. The van der Waals surface area contributed by atoms with Crippen molar-refractivity contribution < 1.29 is 4.74 Å². The van der Waals surface area contributed by atoms with Gasteiger partial charge in [-0.1, -0.05) is 18.2 Å². The van der Waals surface area contributed by atoms with Gasteiger partial charge in [0.05, 0.1) is 18.2 Å². The standard InChI is InChI=1S/C10H10NO/c1-2-12-8-10-6-4-3-5-9(10)7-11/h3-6H,1-2,8H2. The summed E-state index contributed by atoms with van der Waals surface area (Å²) >= 11 is 0. The van der Waals surface area contributed by atoms with Gasteiger partial charge in [-0.2, -0.15) is 5.26 Å². The normalized spacial score (nSPS) is 9.33. The molecule has 0 saturated heterocycles. The summed E-state index contributed by atoms with van der Waals surface area (Å²) in [6, 6.07) is 9.50. The first kappa shape index (κ1) is 8.76. The van der Waals surface area contributed by atoms with Crippen LogP contribution in [0.4, 0.5) is 0 Å². The molecule has 0 saturated carbocycles. The molecule has 0 unspecified atom stereocenters. The average Bonchev–Trinajstić information content (AvgIpc) is 2.15. The lowest BCUT2D eigenvalue weighted by molar-refractivity contribution is 0.147. The molecule has 61 valence electrons. The van der Waals surface area contributed by atoms with Crippen molar-refractivity contribution in [1.29, 1.82) is 5.26 Å². The molecule has 0 N–H and O–H groups in total. The maximum atomic E-state index is 8.70. The molecule has 0 bridgehead atoms. The van der Waals surface area contributed by atoms with Crippen LogP contribution in [0, 0.1) is 18.3 Å². The van der Waals surface area contributed by atoms with Gasteiger partial charge in [-0.25, -0.2) is 0 Å². The van der Waals surface area contributed by atoms with Gasteiger partial charge in [-0.05, 0) is 18.6 Å². The monoisotopic (exact) mass is 160 g/mol.